The van der Waals surface area contributed by atoms with E-state index in [0.29, 0.717) is 5.92 Å². The van der Waals surface area contributed by atoms with Crippen LogP contribution < -0.4 is 5.73 Å². The van der Waals surface area contributed by atoms with Gasteiger partial charge in [-0.2, -0.15) is 0 Å². The molecule has 0 spiro atoms. The number of esters is 1. The minimum atomic E-state index is -0.644. The summed E-state index contributed by atoms with van der Waals surface area (Å²) in [5.41, 5.74) is 4.93. The Morgan fingerprint density at radius 3 is 2.44 bits per heavy atom. The van der Waals surface area contributed by atoms with Crippen molar-refractivity contribution in [3.63, 3.8) is 0 Å². The summed E-state index contributed by atoms with van der Waals surface area (Å²) in [6, 6.07) is 0. The molecule has 0 heterocycles. The molecule has 1 rings (SSSR count). The minimum Gasteiger partial charge on any atom is -0.468 e. The molecule has 0 unspecified atom stereocenters. The maximum atomic E-state index is 10.8. The molecule has 52 valence electrons. The molecule has 0 bridgehead atoms. The van der Waals surface area contributed by atoms with E-state index in [1.807, 2.05) is 6.92 Å². The Labute approximate surface area is 54.2 Å². The Morgan fingerprint density at radius 1 is 1.89 bits per heavy atom. The molecule has 0 saturated heterocycles. The van der Waals surface area contributed by atoms with E-state index in [9.17, 15) is 4.79 Å². The predicted molar refractivity (Wildman–Crippen MR) is 32.7 cm³/mol. The summed E-state index contributed by atoms with van der Waals surface area (Å²) < 4.78 is 4.48. The lowest BCUT2D eigenvalue weighted by atomic mass is 10.2. The first-order valence-corrected chi connectivity index (χ1v) is 2.98. The molecular formula is C6H11NO2. The molecule has 0 aromatic heterocycles. The predicted octanol–water partition coefficient (Wildman–Crippen LogP) is -0.103. The van der Waals surface area contributed by atoms with Crippen LogP contribution in [0.1, 0.15) is 13.3 Å². The molecule has 3 nitrogen and oxygen atoms in total. The minimum absolute atomic E-state index is 0.282. The Morgan fingerprint density at radius 2 is 2.33 bits per heavy atom. The summed E-state index contributed by atoms with van der Waals surface area (Å²) in [7, 11) is 1.36. The van der Waals surface area contributed by atoms with E-state index in [0.717, 1.165) is 6.42 Å². The van der Waals surface area contributed by atoms with Gasteiger partial charge < -0.3 is 10.5 Å². The molecule has 0 aromatic carbocycles. The summed E-state index contributed by atoms with van der Waals surface area (Å²) in [6.45, 7) is 1.94. The fraction of sp³-hybridized carbons (Fsp3) is 0.833. The second-order valence-corrected chi connectivity index (χ2v) is 2.64. The largest absolute Gasteiger partial charge is 0.468 e. The number of hydrogen-bond acceptors (Lipinski definition) is 3. The fourth-order valence-electron chi connectivity index (χ4n) is 0.922. The highest BCUT2D eigenvalue weighted by molar-refractivity contribution is 5.84. The average molecular weight is 129 g/mol. The quantitative estimate of drug-likeness (QED) is 0.503. The first kappa shape index (κ1) is 6.55. The Hall–Kier alpha value is -0.570. The molecule has 1 aliphatic carbocycles. The lowest BCUT2D eigenvalue weighted by Gasteiger charge is -2.04. The molecule has 1 saturated carbocycles. The number of rotatable bonds is 1. The smallest absolute Gasteiger partial charge is 0.326 e. The van der Waals surface area contributed by atoms with E-state index in [2.05, 4.69) is 4.74 Å². The average Bonchev–Trinajstić information content (AvgIpc) is 2.41. The van der Waals surface area contributed by atoms with Gasteiger partial charge in [-0.3, -0.25) is 4.79 Å². The number of ether oxygens (including phenoxy) is 1. The highest BCUT2D eigenvalue weighted by Crippen LogP contribution is 2.40. The highest BCUT2D eigenvalue weighted by Gasteiger charge is 2.55. The van der Waals surface area contributed by atoms with Crippen molar-refractivity contribution in [2.24, 2.45) is 11.7 Å². The summed E-state index contributed by atoms with van der Waals surface area (Å²) in [6.07, 6.45) is 0.764. The molecule has 1 fully saturated rings. The monoisotopic (exact) mass is 129 g/mol. The van der Waals surface area contributed by atoms with Gasteiger partial charge in [0.2, 0.25) is 0 Å². The topological polar surface area (TPSA) is 52.3 Å². The normalized spacial score (nSPS) is 40.1. The number of methoxy groups -OCH3 is 1. The Bertz CT molecular complexity index is 146. The summed E-state index contributed by atoms with van der Waals surface area (Å²) in [5.74, 6) is 0.0138. The second kappa shape index (κ2) is 1.70. The molecule has 2 N–H and O–H groups in total. The molecule has 0 radical (unpaired) electrons. The number of carbonyl (C=O) groups is 1. The number of hydrogen-bond donors (Lipinski definition) is 1. The molecule has 1 aliphatic rings. The van der Waals surface area contributed by atoms with Crippen molar-refractivity contribution >= 4 is 5.97 Å². The van der Waals surface area contributed by atoms with E-state index >= 15 is 0 Å². The van der Waals surface area contributed by atoms with E-state index in [1.165, 1.54) is 7.11 Å². The van der Waals surface area contributed by atoms with Crippen molar-refractivity contribution in [3.8, 4) is 0 Å². The van der Waals surface area contributed by atoms with Gasteiger partial charge in [0.15, 0.2) is 0 Å². The summed E-state index contributed by atoms with van der Waals surface area (Å²) in [4.78, 5) is 10.8. The zero-order valence-electron chi connectivity index (χ0n) is 5.68. The van der Waals surface area contributed by atoms with Crippen molar-refractivity contribution in [3.05, 3.63) is 0 Å². The summed E-state index contributed by atoms with van der Waals surface area (Å²) >= 11 is 0. The van der Waals surface area contributed by atoms with Crippen molar-refractivity contribution in [1.82, 2.24) is 0 Å². The van der Waals surface area contributed by atoms with Crippen molar-refractivity contribution in [2.75, 3.05) is 7.11 Å². The Balaban J connectivity index is 2.53. The molecule has 0 amide bonds. The van der Waals surface area contributed by atoms with Crippen molar-refractivity contribution in [2.45, 2.75) is 18.9 Å². The van der Waals surface area contributed by atoms with Gasteiger partial charge in [0.25, 0.3) is 0 Å². The first-order chi connectivity index (χ1) is 4.11. The maximum absolute atomic E-state index is 10.8. The SMILES string of the molecule is COC(=O)[C@@]1(N)C[C@H]1C. The molecule has 3 heteroatoms. The maximum Gasteiger partial charge on any atom is 0.326 e. The van der Waals surface area contributed by atoms with Gasteiger partial charge in [0, 0.05) is 0 Å². The lowest BCUT2D eigenvalue weighted by Crippen LogP contribution is -2.35. The first-order valence-electron chi connectivity index (χ1n) is 2.98. The van der Waals surface area contributed by atoms with Crippen LogP contribution in [0, 0.1) is 5.92 Å². The van der Waals surface area contributed by atoms with Crippen molar-refractivity contribution < 1.29 is 9.53 Å². The third-order valence-electron chi connectivity index (χ3n) is 1.93. The van der Waals surface area contributed by atoms with Crippen LogP contribution in [0.4, 0.5) is 0 Å². The lowest BCUT2D eigenvalue weighted by molar-refractivity contribution is -0.143. The Kier molecular flexibility index (Phi) is 1.24. The van der Waals surface area contributed by atoms with E-state index < -0.39 is 5.54 Å². The van der Waals surface area contributed by atoms with Crippen LogP contribution in [-0.4, -0.2) is 18.6 Å². The molecule has 0 aromatic rings. The van der Waals surface area contributed by atoms with Crippen LogP contribution in [0.5, 0.6) is 0 Å². The summed E-state index contributed by atoms with van der Waals surface area (Å²) in [5, 5.41) is 0. The van der Waals surface area contributed by atoms with Gasteiger partial charge >= 0.3 is 5.97 Å². The van der Waals surface area contributed by atoms with Gasteiger partial charge in [-0.1, -0.05) is 6.92 Å². The van der Waals surface area contributed by atoms with Gasteiger partial charge in [-0.25, -0.2) is 0 Å². The van der Waals surface area contributed by atoms with Gasteiger partial charge in [-0.15, -0.1) is 0 Å². The highest BCUT2D eigenvalue weighted by atomic mass is 16.5. The molecular weight excluding hydrogens is 118 g/mol. The second-order valence-electron chi connectivity index (χ2n) is 2.64. The van der Waals surface area contributed by atoms with E-state index in [1.54, 1.807) is 0 Å². The van der Waals surface area contributed by atoms with Gasteiger partial charge in [0.05, 0.1) is 7.11 Å². The zero-order valence-corrected chi connectivity index (χ0v) is 5.68. The van der Waals surface area contributed by atoms with Gasteiger partial charge in [-0.05, 0) is 12.3 Å². The van der Waals surface area contributed by atoms with Crippen LogP contribution in [0.15, 0.2) is 0 Å². The third kappa shape index (κ3) is 0.812. The number of carbonyl (C=O) groups excluding carboxylic acids is 1. The third-order valence-corrected chi connectivity index (χ3v) is 1.93. The van der Waals surface area contributed by atoms with E-state index in [-0.39, 0.29) is 5.97 Å². The van der Waals surface area contributed by atoms with E-state index in [4.69, 9.17) is 5.73 Å². The standard InChI is InChI=1S/C6H11NO2/c1-4-3-6(4,7)5(8)9-2/h4H,3,7H2,1-2H3/t4-,6-/m1/s1. The number of nitrogens with two attached hydrogens (primary N) is 1. The van der Waals surface area contributed by atoms with Crippen LogP contribution >= 0.6 is 0 Å². The molecule has 2 atom stereocenters. The van der Waals surface area contributed by atoms with Crippen LogP contribution in [0.25, 0.3) is 0 Å². The molecule has 9 heavy (non-hydrogen) atoms. The van der Waals surface area contributed by atoms with Crippen LogP contribution in [-0.2, 0) is 9.53 Å². The van der Waals surface area contributed by atoms with Crippen LogP contribution in [0.2, 0.25) is 0 Å². The van der Waals surface area contributed by atoms with Crippen molar-refractivity contribution in [1.29, 1.82) is 0 Å². The fourth-order valence-corrected chi connectivity index (χ4v) is 0.922. The van der Waals surface area contributed by atoms with Gasteiger partial charge in [0.1, 0.15) is 5.54 Å². The molecule has 0 aliphatic heterocycles. The van der Waals surface area contributed by atoms with Crippen LogP contribution in [0.3, 0.4) is 0 Å². The zero-order chi connectivity index (χ0) is 7.07.